The molecule has 0 aliphatic rings. The molecule has 0 atom stereocenters. The van der Waals surface area contributed by atoms with Crippen LogP contribution in [-0.4, -0.2) is 16.5 Å². The topological polar surface area (TPSA) is 26.3 Å². The fourth-order valence-electron chi connectivity index (χ4n) is 3.56. The summed E-state index contributed by atoms with van der Waals surface area (Å²) in [7, 11) is 0.533. The van der Waals surface area contributed by atoms with Gasteiger partial charge in [-0.05, 0) is 31.1 Å². The van der Waals surface area contributed by atoms with Crippen LogP contribution in [0.3, 0.4) is 0 Å². The molecule has 0 unspecified atom stereocenters. The van der Waals surface area contributed by atoms with E-state index in [9.17, 15) is 4.79 Å². The van der Waals surface area contributed by atoms with Crippen molar-refractivity contribution in [2.45, 2.75) is 104 Å². The van der Waals surface area contributed by atoms with E-state index in [2.05, 4.69) is 20.8 Å². The molecule has 0 aliphatic heterocycles. The summed E-state index contributed by atoms with van der Waals surface area (Å²) in [6.07, 6.45) is 16.1. The number of hydrogen-bond acceptors (Lipinski definition) is 2. The number of rotatable bonds is 14. The van der Waals surface area contributed by atoms with Crippen LogP contribution in [0.25, 0.3) is 0 Å². The molecule has 3 heteroatoms. The van der Waals surface area contributed by atoms with Gasteiger partial charge >= 0.3 is 0 Å². The quantitative estimate of drug-likeness (QED) is 0.336. The lowest BCUT2D eigenvalue weighted by molar-refractivity contribution is -0.134. The van der Waals surface area contributed by atoms with E-state index in [-0.39, 0.29) is 5.97 Å². The van der Waals surface area contributed by atoms with E-state index in [1.54, 1.807) is 0 Å². The van der Waals surface area contributed by atoms with Gasteiger partial charge in [-0.15, -0.1) is 0 Å². The third-order valence-corrected chi connectivity index (χ3v) is 5.16. The molecule has 0 radical (unpaired) electrons. The van der Waals surface area contributed by atoms with Crippen molar-refractivity contribution in [3.8, 4) is 0 Å². The molecule has 126 valence electrons. The van der Waals surface area contributed by atoms with Gasteiger partial charge in [-0.2, -0.15) is 0 Å². The van der Waals surface area contributed by atoms with Crippen LogP contribution in [0.5, 0.6) is 0 Å². The molecule has 0 spiro atoms. The van der Waals surface area contributed by atoms with Gasteiger partial charge < -0.3 is 4.43 Å². The van der Waals surface area contributed by atoms with E-state index in [1.165, 1.54) is 70.6 Å². The Labute approximate surface area is 136 Å². The molecule has 0 rings (SSSR count). The van der Waals surface area contributed by atoms with Crippen LogP contribution in [0.15, 0.2) is 0 Å². The van der Waals surface area contributed by atoms with Crippen molar-refractivity contribution in [3.63, 3.8) is 0 Å². The van der Waals surface area contributed by atoms with Gasteiger partial charge in [0.15, 0.2) is 0 Å². The SMILES string of the molecule is CCCCCCCCC(CCC)(CCC)CCC(=O)O[SiH3]. The minimum absolute atomic E-state index is 0.0150. The Morgan fingerprint density at radius 1 is 0.810 bits per heavy atom. The first-order valence-corrected chi connectivity index (χ1v) is 10.0. The van der Waals surface area contributed by atoms with Crippen molar-refractivity contribution in [2.75, 3.05) is 0 Å². The molecule has 0 aliphatic carbocycles. The summed E-state index contributed by atoms with van der Waals surface area (Å²) in [5.41, 5.74) is 0.393. The monoisotopic (exact) mass is 314 g/mol. The second kappa shape index (κ2) is 13.4. The highest BCUT2D eigenvalue weighted by molar-refractivity contribution is 6.05. The maximum absolute atomic E-state index is 11.5. The first kappa shape index (κ1) is 20.7. The summed E-state index contributed by atoms with van der Waals surface area (Å²) in [6, 6.07) is 0. The highest BCUT2D eigenvalue weighted by Gasteiger charge is 2.28. The van der Waals surface area contributed by atoms with E-state index >= 15 is 0 Å². The number of unbranched alkanes of at least 4 members (excludes halogenated alkanes) is 5. The Balaban J connectivity index is 4.30. The van der Waals surface area contributed by atoms with E-state index in [0.29, 0.717) is 22.3 Å². The lowest BCUT2D eigenvalue weighted by atomic mass is 9.72. The predicted molar refractivity (Wildman–Crippen MR) is 95.5 cm³/mol. The van der Waals surface area contributed by atoms with E-state index in [4.69, 9.17) is 4.43 Å². The first-order valence-electron chi connectivity index (χ1n) is 9.21. The molecule has 0 aromatic rings. The van der Waals surface area contributed by atoms with Crippen molar-refractivity contribution in [3.05, 3.63) is 0 Å². The van der Waals surface area contributed by atoms with Crippen LogP contribution < -0.4 is 0 Å². The van der Waals surface area contributed by atoms with E-state index in [0.717, 1.165) is 6.42 Å². The molecule has 2 nitrogen and oxygen atoms in total. The second-order valence-electron chi connectivity index (χ2n) is 6.59. The molecule has 0 bridgehead atoms. The zero-order valence-corrected chi connectivity index (χ0v) is 17.0. The Kier molecular flexibility index (Phi) is 13.2. The average molecular weight is 315 g/mol. The highest BCUT2D eigenvalue weighted by Crippen LogP contribution is 2.40. The van der Waals surface area contributed by atoms with Crippen LogP contribution in [0, 0.1) is 5.41 Å². The minimum atomic E-state index is 0.0150. The molecule has 0 saturated carbocycles. The molecular weight excluding hydrogens is 276 g/mol. The second-order valence-corrected chi connectivity index (χ2v) is 7.00. The smallest absolute Gasteiger partial charge is 0.291 e. The van der Waals surface area contributed by atoms with Crippen LogP contribution in [0.1, 0.15) is 104 Å². The summed E-state index contributed by atoms with van der Waals surface area (Å²) >= 11 is 0. The van der Waals surface area contributed by atoms with Crippen molar-refractivity contribution in [2.24, 2.45) is 5.41 Å². The van der Waals surface area contributed by atoms with Crippen molar-refractivity contribution >= 4 is 16.5 Å². The summed E-state index contributed by atoms with van der Waals surface area (Å²) in [5.74, 6) is 0.0150. The number of carbonyl (C=O) groups is 1. The van der Waals surface area contributed by atoms with Gasteiger partial charge in [0.1, 0.15) is 0 Å². The van der Waals surface area contributed by atoms with Crippen LogP contribution >= 0.6 is 0 Å². The predicted octanol–water partition coefficient (Wildman–Crippen LogP) is 4.93. The Hall–Kier alpha value is -0.313. The average Bonchev–Trinajstić information content (AvgIpc) is 2.49. The standard InChI is InChI=1S/C18H38O2Si/c1-4-7-8-9-10-11-15-18(13-5-2,14-6-3)16-12-17(19)20-21/h4-16H2,1-3,21H3. The van der Waals surface area contributed by atoms with Gasteiger partial charge in [0.05, 0.1) is 0 Å². The molecule has 21 heavy (non-hydrogen) atoms. The van der Waals surface area contributed by atoms with Crippen molar-refractivity contribution in [1.29, 1.82) is 0 Å². The molecule has 0 fully saturated rings. The third kappa shape index (κ3) is 10.1. The number of hydrogen-bond donors (Lipinski definition) is 0. The molecular formula is C18H38O2Si. The zero-order chi connectivity index (χ0) is 16.0. The molecule has 0 amide bonds. The van der Waals surface area contributed by atoms with Gasteiger partial charge in [-0.3, -0.25) is 4.79 Å². The van der Waals surface area contributed by atoms with Gasteiger partial charge in [0, 0.05) is 6.42 Å². The van der Waals surface area contributed by atoms with E-state index in [1.807, 2.05) is 0 Å². The normalized spacial score (nSPS) is 11.8. The molecule has 0 aromatic carbocycles. The van der Waals surface area contributed by atoms with E-state index < -0.39 is 0 Å². The van der Waals surface area contributed by atoms with Gasteiger partial charge in [-0.25, -0.2) is 0 Å². The Morgan fingerprint density at radius 2 is 1.38 bits per heavy atom. The largest absolute Gasteiger partial charge is 0.529 e. The summed E-state index contributed by atoms with van der Waals surface area (Å²) < 4.78 is 4.97. The third-order valence-electron chi connectivity index (χ3n) is 4.71. The Morgan fingerprint density at radius 3 is 1.90 bits per heavy atom. The van der Waals surface area contributed by atoms with Gasteiger partial charge in [0.25, 0.3) is 5.97 Å². The summed E-state index contributed by atoms with van der Waals surface area (Å²) in [5, 5.41) is 0. The highest BCUT2D eigenvalue weighted by atomic mass is 28.2. The molecule has 0 saturated heterocycles. The summed E-state index contributed by atoms with van der Waals surface area (Å²) in [6.45, 7) is 6.82. The lowest BCUT2D eigenvalue weighted by Crippen LogP contribution is -2.22. The first-order chi connectivity index (χ1) is 10.1. The number of carbonyl (C=O) groups excluding carboxylic acids is 1. The maximum atomic E-state index is 11.5. The van der Waals surface area contributed by atoms with Gasteiger partial charge in [0.2, 0.25) is 10.5 Å². The zero-order valence-electron chi connectivity index (χ0n) is 15.0. The molecule has 0 N–H and O–H groups in total. The summed E-state index contributed by atoms with van der Waals surface area (Å²) in [4.78, 5) is 11.5. The minimum Gasteiger partial charge on any atom is -0.529 e. The fourth-order valence-corrected chi connectivity index (χ4v) is 3.76. The lowest BCUT2D eigenvalue weighted by Gasteiger charge is -2.34. The Bertz CT molecular complexity index is 248. The maximum Gasteiger partial charge on any atom is 0.291 e. The molecule has 0 heterocycles. The van der Waals surface area contributed by atoms with Crippen LogP contribution in [0.2, 0.25) is 0 Å². The fraction of sp³-hybridized carbons (Fsp3) is 0.944. The van der Waals surface area contributed by atoms with Crippen molar-refractivity contribution < 1.29 is 9.22 Å². The van der Waals surface area contributed by atoms with Gasteiger partial charge in [-0.1, -0.05) is 72.1 Å². The molecule has 0 aromatic heterocycles. The van der Waals surface area contributed by atoms with Crippen molar-refractivity contribution in [1.82, 2.24) is 0 Å². The van der Waals surface area contributed by atoms with Crippen LogP contribution in [-0.2, 0) is 9.22 Å². The van der Waals surface area contributed by atoms with Crippen LogP contribution in [0.4, 0.5) is 0 Å².